The number of nitrogens with zero attached hydrogens (tertiary/aromatic N) is 1. The number of carbonyl (C=O) groups excluding carboxylic acids is 1. The molecule has 0 aromatic carbocycles. The van der Waals surface area contributed by atoms with Gasteiger partial charge in [0.05, 0.1) is 16.9 Å². The van der Waals surface area contributed by atoms with Gasteiger partial charge in [0.25, 0.3) is 0 Å². The van der Waals surface area contributed by atoms with E-state index in [0.29, 0.717) is 19.6 Å². The number of amides is 1. The van der Waals surface area contributed by atoms with Gasteiger partial charge in [-0.05, 0) is 28.1 Å². The maximum atomic E-state index is 11.4. The van der Waals surface area contributed by atoms with E-state index in [0.717, 1.165) is 8.66 Å². The van der Waals surface area contributed by atoms with Gasteiger partial charge in [0, 0.05) is 11.4 Å². The summed E-state index contributed by atoms with van der Waals surface area (Å²) >= 11 is 5.01. The number of hydrogen-bond acceptors (Lipinski definition) is 4. The van der Waals surface area contributed by atoms with Crippen LogP contribution in [0.5, 0.6) is 0 Å². The summed E-state index contributed by atoms with van der Waals surface area (Å²) in [5.41, 5.74) is 5.45. The van der Waals surface area contributed by atoms with Gasteiger partial charge in [-0.25, -0.2) is 4.79 Å². The molecule has 1 unspecified atom stereocenters. The molecule has 1 amide bonds. The quantitative estimate of drug-likeness (QED) is 0.923. The maximum absolute atomic E-state index is 11.4. The van der Waals surface area contributed by atoms with Gasteiger partial charge in [0.15, 0.2) is 0 Å². The lowest BCUT2D eigenvalue weighted by molar-refractivity contribution is 0.134. The van der Waals surface area contributed by atoms with Crippen molar-refractivity contribution in [1.29, 1.82) is 0 Å². The van der Waals surface area contributed by atoms with Gasteiger partial charge in [-0.3, -0.25) is 4.90 Å². The second-order valence-corrected chi connectivity index (χ2v) is 5.88. The van der Waals surface area contributed by atoms with Crippen LogP contribution in [0.1, 0.15) is 4.88 Å². The Bertz CT molecular complexity index is 369. The van der Waals surface area contributed by atoms with Crippen molar-refractivity contribution in [3.05, 3.63) is 20.8 Å². The van der Waals surface area contributed by atoms with E-state index >= 15 is 0 Å². The van der Waals surface area contributed by atoms with Gasteiger partial charge in [0.2, 0.25) is 0 Å². The van der Waals surface area contributed by atoms with E-state index in [1.54, 1.807) is 16.2 Å². The number of hydrogen-bond donors (Lipinski definition) is 1. The fraction of sp³-hybridized carbons (Fsp3) is 0.444. The fourth-order valence-electron chi connectivity index (χ4n) is 1.45. The molecular weight excluding hydrogens is 280 g/mol. The Morgan fingerprint density at radius 3 is 3.00 bits per heavy atom. The summed E-state index contributed by atoms with van der Waals surface area (Å²) in [5, 5.41) is 0. The van der Waals surface area contributed by atoms with Crippen LogP contribution >= 0.6 is 27.3 Å². The van der Waals surface area contributed by atoms with Gasteiger partial charge >= 0.3 is 6.09 Å². The van der Waals surface area contributed by atoms with Gasteiger partial charge < -0.3 is 10.5 Å². The number of ether oxygens (including phenoxy) is 1. The van der Waals surface area contributed by atoms with E-state index in [-0.39, 0.29) is 12.2 Å². The first kappa shape index (κ1) is 10.9. The standard InChI is InChI=1S/C9H11BrN2O2S/c10-8-2-1-7(15-8)5-12-4-6(3-11)14-9(12)13/h1-2,6H,3-5,11H2. The van der Waals surface area contributed by atoms with Crippen molar-refractivity contribution in [3.8, 4) is 0 Å². The fourth-order valence-corrected chi connectivity index (χ4v) is 2.95. The van der Waals surface area contributed by atoms with Crippen LogP contribution in [-0.4, -0.2) is 30.2 Å². The summed E-state index contributed by atoms with van der Waals surface area (Å²) in [7, 11) is 0. The number of cyclic esters (lactones) is 1. The van der Waals surface area contributed by atoms with Crippen LogP contribution in [-0.2, 0) is 11.3 Å². The number of carbonyl (C=O) groups is 1. The summed E-state index contributed by atoms with van der Waals surface area (Å²) in [5.74, 6) is 0. The minimum atomic E-state index is -0.269. The van der Waals surface area contributed by atoms with E-state index in [1.807, 2.05) is 12.1 Å². The number of nitrogens with two attached hydrogens (primary N) is 1. The van der Waals surface area contributed by atoms with Crippen LogP contribution in [0.3, 0.4) is 0 Å². The molecule has 15 heavy (non-hydrogen) atoms. The summed E-state index contributed by atoms with van der Waals surface area (Å²) in [4.78, 5) is 14.2. The molecule has 2 heterocycles. The highest BCUT2D eigenvalue weighted by molar-refractivity contribution is 9.11. The maximum Gasteiger partial charge on any atom is 0.410 e. The Hall–Kier alpha value is -0.590. The Kier molecular flexibility index (Phi) is 3.28. The molecule has 2 N–H and O–H groups in total. The van der Waals surface area contributed by atoms with Crippen molar-refractivity contribution in [2.75, 3.05) is 13.1 Å². The van der Waals surface area contributed by atoms with Crippen molar-refractivity contribution in [1.82, 2.24) is 4.90 Å². The molecule has 1 atom stereocenters. The Labute approximate surface area is 100 Å². The molecule has 2 rings (SSSR count). The summed E-state index contributed by atoms with van der Waals surface area (Å²) < 4.78 is 6.13. The van der Waals surface area contributed by atoms with Gasteiger partial charge in [-0.2, -0.15) is 0 Å². The van der Waals surface area contributed by atoms with Gasteiger partial charge in [-0.1, -0.05) is 0 Å². The molecule has 0 aliphatic carbocycles. The lowest BCUT2D eigenvalue weighted by Gasteiger charge is -2.10. The van der Waals surface area contributed by atoms with Crippen molar-refractivity contribution in [2.45, 2.75) is 12.6 Å². The minimum Gasteiger partial charge on any atom is -0.443 e. The first-order chi connectivity index (χ1) is 7.19. The van der Waals surface area contributed by atoms with E-state index in [4.69, 9.17) is 10.5 Å². The molecule has 0 spiro atoms. The van der Waals surface area contributed by atoms with Crippen LogP contribution < -0.4 is 5.73 Å². The first-order valence-corrected chi connectivity index (χ1v) is 6.20. The van der Waals surface area contributed by atoms with Crippen LogP contribution in [0.4, 0.5) is 4.79 Å². The molecule has 1 aromatic rings. The molecule has 1 saturated heterocycles. The third kappa shape index (κ3) is 2.50. The smallest absolute Gasteiger partial charge is 0.410 e. The molecule has 6 heteroatoms. The SMILES string of the molecule is NCC1CN(Cc2ccc(Br)s2)C(=O)O1. The van der Waals surface area contributed by atoms with Crippen LogP contribution in [0.25, 0.3) is 0 Å². The molecule has 0 saturated carbocycles. The van der Waals surface area contributed by atoms with Crippen molar-refractivity contribution in [2.24, 2.45) is 5.73 Å². The molecule has 1 aliphatic rings. The van der Waals surface area contributed by atoms with E-state index in [1.165, 1.54) is 0 Å². The third-order valence-electron chi connectivity index (χ3n) is 2.19. The highest BCUT2D eigenvalue weighted by Gasteiger charge is 2.30. The Morgan fingerprint density at radius 2 is 2.47 bits per heavy atom. The zero-order valence-corrected chi connectivity index (χ0v) is 10.4. The highest BCUT2D eigenvalue weighted by atomic mass is 79.9. The van der Waals surface area contributed by atoms with Gasteiger partial charge in [-0.15, -0.1) is 11.3 Å². The zero-order chi connectivity index (χ0) is 10.8. The third-order valence-corrected chi connectivity index (χ3v) is 3.80. The normalized spacial score (nSPS) is 20.8. The second-order valence-electron chi connectivity index (χ2n) is 3.33. The monoisotopic (exact) mass is 290 g/mol. The van der Waals surface area contributed by atoms with E-state index in [9.17, 15) is 4.79 Å². The van der Waals surface area contributed by atoms with Crippen molar-refractivity contribution in [3.63, 3.8) is 0 Å². The van der Waals surface area contributed by atoms with E-state index < -0.39 is 0 Å². The predicted molar refractivity (Wildman–Crippen MR) is 61.8 cm³/mol. The Morgan fingerprint density at radius 1 is 1.67 bits per heavy atom. The molecule has 0 bridgehead atoms. The molecule has 1 aliphatic heterocycles. The summed E-state index contributed by atoms with van der Waals surface area (Å²) in [6.07, 6.45) is -0.420. The van der Waals surface area contributed by atoms with Crippen molar-refractivity contribution >= 4 is 33.4 Å². The molecule has 0 radical (unpaired) electrons. The summed E-state index contributed by atoms with van der Waals surface area (Å²) in [6.45, 7) is 1.58. The largest absolute Gasteiger partial charge is 0.443 e. The zero-order valence-electron chi connectivity index (χ0n) is 7.98. The number of thiophene rings is 1. The Balaban J connectivity index is 1.98. The van der Waals surface area contributed by atoms with Gasteiger partial charge in [0.1, 0.15) is 6.10 Å². The summed E-state index contributed by atoms with van der Waals surface area (Å²) in [6, 6.07) is 3.97. The lowest BCUT2D eigenvalue weighted by atomic mass is 10.3. The topological polar surface area (TPSA) is 55.6 Å². The lowest BCUT2D eigenvalue weighted by Crippen LogP contribution is -2.27. The van der Waals surface area contributed by atoms with E-state index in [2.05, 4.69) is 15.9 Å². The first-order valence-electron chi connectivity index (χ1n) is 4.59. The highest BCUT2D eigenvalue weighted by Crippen LogP contribution is 2.24. The van der Waals surface area contributed by atoms with Crippen LogP contribution in [0.15, 0.2) is 15.9 Å². The average Bonchev–Trinajstić information content (AvgIpc) is 2.75. The predicted octanol–water partition coefficient (Wildman–Crippen LogP) is 1.79. The molecule has 1 aromatic heterocycles. The number of rotatable bonds is 3. The second kappa shape index (κ2) is 4.51. The average molecular weight is 291 g/mol. The molecular formula is C9H11BrN2O2S. The van der Waals surface area contributed by atoms with Crippen molar-refractivity contribution < 1.29 is 9.53 Å². The van der Waals surface area contributed by atoms with Crippen LogP contribution in [0.2, 0.25) is 0 Å². The molecule has 1 fully saturated rings. The molecule has 82 valence electrons. The minimum absolute atomic E-state index is 0.152. The number of halogens is 1. The molecule has 4 nitrogen and oxygen atoms in total. The van der Waals surface area contributed by atoms with Crippen LogP contribution in [0, 0.1) is 0 Å².